The molecule has 0 bridgehead atoms. The van der Waals surface area contributed by atoms with Crippen LogP contribution in [-0.4, -0.2) is 59.3 Å². The van der Waals surface area contributed by atoms with Crippen molar-refractivity contribution in [1.29, 1.82) is 0 Å². The number of hydrogen-bond donors (Lipinski definition) is 3. The molecule has 1 amide bonds. The fourth-order valence-corrected chi connectivity index (χ4v) is 7.17. The molecule has 0 spiro atoms. The van der Waals surface area contributed by atoms with Crippen molar-refractivity contribution in [3.63, 3.8) is 0 Å². The zero-order chi connectivity index (χ0) is 37.0. The summed E-state index contributed by atoms with van der Waals surface area (Å²) in [6.45, 7) is 13.2. The average molecular weight is 703 g/mol. The van der Waals surface area contributed by atoms with Gasteiger partial charge in [-0.2, -0.15) is 0 Å². The first-order chi connectivity index (χ1) is 24.3. The van der Waals surface area contributed by atoms with Gasteiger partial charge in [-0.25, -0.2) is 9.59 Å². The van der Waals surface area contributed by atoms with Crippen molar-refractivity contribution in [3.8, 4) is 28.7 Å². The molecule has 3 atom stereocenters. The number of fused-ring (bicyclic) bond motifs is 2. The van der Waals surface area contributed by atoms with E-state index in [4.69, 9.17) is 18.9 Å². The molecule has 274 valence electrons. The molecule has 0 radical (unpaired) electrons. The first-order valence-electron chi connectivity index (χ1n) is 17.7. The predicted molar refractivity (Wildman–Crippen MR) is 193 cm³/mol. The molecule has 5 rings (SSSR count). The molecule has 0 aromatic heterocycles. The molecule has 0 saturated heterocycles. The van der Waals surface area contributed by atoms with Crippen LogP contribution in [0.3, 0.4) is 0 Å². The van der Waals surface area contributed by atoms with E-state index in [2.05, 4.69) is 33.0 Å². The Hall–Kier alpha value is -4.77. The molecule has 11 nitrogen and oxygen atoms in total. The second kappa shape index (κ2) is 16.1. The number of nitrogens with one attached hydrogen (secondary N) is 1. The summed E-state index contributed by atoms with van der Waals surface area (Å²) >= 11 is 0. The molecule has 11 heteroatoms. The molecule has 3 aromatic carbocycles. The van der Waals surface area contributed by atoms with Crippen LogP contribution in [0.15, 0.2) is 36.4 Å². The number of phenolic OH excluding ortho intramolecular Hbond substituents is 1. The third kappa shape index (κ3) is 8.25. The Morgan fingerprint density at radius 3 is 2.43 bits per heavy atom. The lowest BCUT2D eigenvalue weighted by atomic mass is 9.75. The molecule has 0 unspecified atom stereocenters. The van der Waals surface area contributed by atoms with Gasteiger partial charge in [0.25, 0.3) is 0 Å². The van der Waals surface area contributed by atoms with Crippen molar-refractivity contribution in [1.82, 2.24) is 4.90 Å². The van der Waals surface area contributed by atoms with Gasteiger partial charge in [0.1, 0.15) is 29.2 Å². The van der Waals surface area contributed by atoms with Gasteiger partial charge in [0.15, 0.2) is 17.2 Å². The van der Waals surface area contributed by atoms with Crippen LogP contribution in [0.1, 0.15) is 96.3 Å². The number of aryl methyl sites for hydroxylation is 1. The number of benzene rings is 3. The van der Waals surface area contributed by atoms with Crippen LogP contribution in [0.2, 0.25) is 0 Å². The molecule has 1 heterocycles. The summed E-state index contributed by atoms with van der Waals surface area (Å²) in [5, 5.41) is 24.3. The predicted octanol–water partition coefficient (Wildman–Crippen LogP) is 7.87. The van der Waals surface area contributed by atoms with E-state index in [1.807, 2.05) is 29.2 Å². The molecular formula is C40H50N2O9. The number of aromatic carboxylic acids is 1. The van der Waals surface area contributed by atoms with Crippen LogP contribution in [0.5, 0.6) is 28.7 Å². The summed E-state index contributed by atoms with van der Waals surface area (Å²) in [6, 6.07) is 10.4. The minimum Gasteiger partial charge on any atom is -0.507 e. The van der Waals surface area contributed by atoms with E-state index in [0.717, 1.165) is 30.5 Å². The lowest BCUT2D eigenvalue weighted by Crippen LogP contribution is -2.39. The lowest BCUT2D eigenvalue weighted by molar-refractivity contribution is -0.142. The third-order valence-electron chi connectivity index (χ3n) is 10.1. The SMILES string of the molecule is CCCN(Cc1ccc(NCc2c(O)cc(C)c3c2Oc2c(C(=O)O)cc(OC)c(C)c2OC3=O)cc1)C(=O)CO[C@@H]1C[C@H](C)CC[C@H]1C(C)C. The number of anilines is 1. The zero-order valence-corrected chi connectivity index (χ0v) is 30.6. The average Bonchev–Trinajstić information content (AvgIpc) is 3.24. The van der Waals surface area contributed by atoms with Gasteiger partial charge >= 0.3 is 11.9 Å². The summed E-state index contributed by atoms with van der Waals surface area (Å²) < 4.78 is 23.5. The molecule has 3 N–H and O–H groups in total. The van der Waals surface area contributed by atoms with E-state index in [9.17, 15) is 24.6 Å². The lowest BCUT2D eigenvalue weighted by Gasteiger charge is -2.37. The Labute approximate surface area is 299 Å². The maximum atomic E-state index is 13.4. The Balaban J connectivity index is 1.31. The summed E-state index contributed by atoms with van der Waals surface area (Å²) in [6.07, 6.45) is 4.26. The number of carboxylic acids is 1. The highest BCUT2D eigenvalue weighted by molar-refractivity contribution is 6.00. The maximum Gasteiger partial charge on any atom is 0.347 e. The van der Waals surface area contributed by atoms with Gasteiger partial charge in [-0.3, -0.25) is 4.79 Å². The number of carbonyl (C=O) groups excluding carboxylic acids is 2. The van der Waals surface area contributed by atoms with Gasteiger partial charge in [0.05, 0.1) is 18.8 Å². The van der Waals surface area contributed by atoms with Gasteiger partial charge in [0.2, 0.25) is 5.91 Å². The molecule has 3 aromatic rings. The van der Waals surface area contributed by atoms with Crippen molar-refractivity contribution >= 4 is 23.5 Å². The number of nitrogens with zero attached hydrogens (tertiary/aromatic N) is 1. The molecule has 2 aliphatic rings. The highest BCUT2D eigenvalue weighted by Crippen LogP contribution is 2.48. The molecule has 1 saturated carbocycles. The van der Waals surface area contributed by atoms with Crippen molar-refractivity contribution < 1.29 is 43.5 Å². The Bertz CT molecular complexity index is 1770. The monoisotopic (exact) mass is 702 g/mol. The van der Waals surface area contributed by atoms with Gasteiger partial charge in [-0.15, -0.1) is 0 Å². The second-order valence-corrected chi connectivity index (χ2v) is 14.1. The van der Waals surface area contributed by atoms with Crippen molar-refractivity contribution in [2.75, 3.05) is 25.6 Å². The van der Waals surface area contributed by atoms with E-state index >= 15 is 0 Å². The van der Waals surface area contributed by atoms with E-state index in [1.165, 1.54) is 25.7 Å². The highest BCUT2D eigenvalue weighted by atomic mass is 16.6. The summed E-state index contributed by atoms with van der Waals surface area (Å²) in [5.74, 6) is -0.604. The van der Waals surface area contributed by atoms with Crippen LogP contribution in [0.25, 0.3) is 0 Å². The topological polar surface area (TPSA) is 144 Å². The van der Waals surface area contributed by atoms with Crippen LogP contribution in [0, 0.1) is 31.6 Å². The number of aromatic hydroxyl groups is 1. The van der Waals surface area contributed by atoms with Crippen molar-refractivity contribution in [2.45, 2.75) is 86.4 Å². The normalized spacial score (nSPS) is 18.2. The fourth-order valence-electron chi connectivity index (χ4n) is 7.17. The second-order valence-electron chi connectivity index (χ2n) is 14.1. The highest BCUT2D eigenvalue weighted by Gasteiger charge is 2.35. The molecule has 1 fully saturated rings. The number of carboxylic acid groups (broad SMARTS) is 1. The largest absolute Gasteiger partial charge is 0.507 e. The molecule has 51 heavy (non-hydrogen) atoms. The van der Waals surface area contributed by atoms with Gasteiger partial charge in [-0.05, 0) is 86.3 Å². The van der Waals surface area contributed by atoms with Crippen molar-refractivity contribution in [2.24, 2.45) is 17.8 Å². The van der Waals surface area contributed by atoms with Gasteiger partial charge in [-0.1, -0.05) is 46.2 Å². The first-order valence-corrected chi connectivity index (χ1v) is 17.7. The number of ether oxygens (including phenoxy) is 4. The Kier molecular flexibility index (Phi) is 11.8. The standard InChI is InChI=1S/C40H50N2O9/c1-8-15-42(34(44)21-49-33-16-23(4)9-14-28(33)22(2)3)20-26-10-12-27(13-11-26)41-19-30-31(43)17-24(5)35-37(30)50-38-29(39(45)46)18-32(48-7)25(6)36(38)51-40(35)47/h10-13,17-18,22-23,28,33,41,43H,8-9,14-16,19-21H2,1-7H3,(H,45,46)/t23-,28+,33-/m1/s1. The Morgan fingerprint density at radius 2 is 1.78 bits per heavy atom. The fraction of sp³-hybridized carbons (Fsp3) is 0.475. The number of methoxy groups -OCH3 is 1. The van der Waals surface area contributed by atoms with E-state index in [1.54, 1.807) is 13.8 Å². The number of hydrogen-bond acceptors (Lipinski definition) is 9. The number of carbonyl (C=O) groups is 3. The summed E-state index contributed by atoms with van der Waals surface area (Å²) in [5.41, 5.74) is 2.54. The van der Waals surface area contributed by atoms with Gasteiger partial charge in [0, 0.05) is 30.9 Å². The first kappa shape index (κ1) is 37.5. The van der Waals surface area contributed by atoms with Crippen LogP contribution >= 0.6 is 0 Å². The minimum atomic E-state index is -1.30. The number of esters is 1. The number of rotatable bonds is 13. The molecule has 1 aliphatic carbocycles. The van der Waals surface area contributed by atoms with Gasteiger partial charge < -0.3 is 39.4 Å². The number of phenols is 1. The van der Waals surface area contributed by atoms with Crippen LogP contribution < -0.4 is 19.5 Å². The zero-order valence-electron chi connectivity index (χ0n) is 30.6. The summed E-state index contributed by atoms with van der Waals surface area (Å²) in [7, 11) is 1.39. The van der Waals surface area contributed by atoms with Crippen LogP contribution in [-0.2, 0) is 22.6 Å². The van der Waals surface area contributed by atoms with Crippen LogP contribution in [0.4, 0.5) is 5.69 Å². The molecular weight excluding hydrogens is 652 g/mol. The van der Waals surface area contributed by atoms with E-state index in [0.29, 0.717) is 42.0 Å². The third-order valence-corrected chi connectivity index (χ3v) is 10.1. The summed E-state index contributed by atoms with van der Waals surface area (Å²) in [4.78, 5) is 40.9. The Morgan fingerprint density at radius 1 is 1.06 bits per heavy atom. The van der Waals surface area contributed by atoms with E-state index in [-0.39, 0.29) is 70.6 Å². The molecule has 1 aliphatic heterocycles. The smallest absolute Gasteiger partial charge is 0.347 e. The maximum absolute atomic E-state index is 13.4. The minimum absolute atomic E-state index is 0.00535. The van der Waals surface area contributed by atoms with E-state index < -0.39 is 11.9 Å². The quantitative estimate of drug-likeness (QED) is 0.119. The number of amides is 1. The van der Waals surface area contributed by atoms with Crippen molar-refractivity contribution in [3.05, 3.63) is 69.8 Å².